The molecule has 3 N–H and O–H groups in total. The molecule has 2 atom stereocenters. The molecule has 0 aliphatic heterocycles. The van der Waals surface area contributed by atoms with Crippen LogP contribution < -0.4 is 15.4 Å². The molecule has 0 spiro atoms. The molecule has 0 fully saturated rings. The fourth-order valence-corrected chi connectivity index (χ4v) is 2.34. The van der Waals surface area contributed by atoms with E-state index in [1.54, 1.807) is 31.2 Å². The molecule has 138 valence electrons. The maximum Gasteiger partial charge on any atom is 0.303 e. The Labute approximate surface area is 147 Å². The number of aliphatic carboxylic acids is 1. The van der Waals surface area contributed by atoms with Gasteiger partial charge in [-0.1, -0.05) is 32.9 Å². The van der Waals surface area contributed by atoms with Gasteiger partial charge in [-0.05, 0) is 24.0 Å². The highest BCUT2D eigenvalue weighted by atomic mass is 16.5. The molecule has 0 radical (unpaired) electrons. The first-order valence-electron chi connectivity index (χ1n) is 8.19. The Balaban J connectivity index is 2.74. The van der Waals surface area contributed by atoms with Crippen LogP contribution in [0.1, 0.15) is 37.6 Å². The van der Waals surface area contributed by atoms with Crippen molar-refractivity contribution >= 4 is 17.8 Å². The topological polar surface area (TPSA) is 105 Å². The first kappa shape index (κ1) is 20.5. The Morgan fingerprint density at radius 2 is 1.80 bits per heavy atom. The fourth-order valence-electron chi connectivity index (χ4n) is 2.34. The number of carboxylic acid groups (broad SMARTS) is 1. The summed E-state index contributed by atoms with van der Waals surface area (Å²) in [5, 5.41) is 14.2. The van der Waals surface area contributed by atoms with Crippen molar-refractivity contribution in [3.63, 3.8) is 0 Å². The van der Waals surface area contributed by atoms with E-state index in [0.717, 1.165) is 0 Å². The summed E-state index contributed by atoms with van der Waals surface area (Å²) < 4.78 is 5.17. The van der Waals surface area contributed by atoms with Gasteiger partial charge in [-0.15, -0.1) is 0 Å². The predicted octanol–water partition coefficient (Wildman–Crippen LogP) is 1.68. The van der Waals surface area contributed by atoms with Crippen LogP contribution in [0.5, 0.6) is 5.75 Å². The van der Waals surface area contributed by atoms with Crippen LogP contribution in [0.3, 0.4) is 0 Å². The molecule has 7 heteroatoms. The highest BCUT2D eigenvalue weighted by Crippen LogP contribution is 2.17. The number of para-hydroxylation sites is 1. The van der Waals surface area contributed by atoms with Crippen molar-refractivity contribution in [2.24, 2.45) is 11.8 Å². The van der Waals surface area contributed by atoms with Crippen molar-refractivity contribution in [3.8, 4) is 5.75 Å². The van der Waals surface area contributed by atoms with Gasteiger partial charge in [0.1, 0.15) is 11.8 Å². The third-order valence-electron chi connectivity index (χ3n) is 3.74. The van der Waals surface area contributed by atoms with Crippen LogP contribution in [-0.2, 0) is 9.59 Å². The van der Waals surface area contributed by atoms with Gasteiger partial charge in [0.25, 0.3) is 5.91 Å². The Morgan fingerprint density at radius 3 is 2.36 bits per heavy atom. The quantitative estimate of drug-likeness (QED) is 0.628. The normalized spacial score (nSPS) is 13.0. The van der Waals surface area contributed by atoms with E-state index in [4.69, 9.17) is 9.84 Å². The number of nitrogens with one attached hydrogen (secondary N) is 2. The second kappa shape index (κ2) is 9.66. The number of hydrogen-bond acceptors (Lipinski definition) is 4. The van der Waals surface area contributed by atoms with Crippen molar-refractivity contribution in [2.75, 3.05) is 13.7 Å². The number of carbonyl (C=O) groups is 3. The van der Waals surface area contributed by atoms with Crippen molar-refractivity contribution in [3.05, 3.63) is 29.8 Å². The van der Waals surface area contributed by atoms with Crippen LogP contribution in [0.25, 0.3) is 0 Å². The molecule has 2 unspecified atom stereocenters. The zero-order chi connectivity index (χ0) is 19.0. The molecule has 1 aromatic carbocycles. The molecular weight excluding hydrogens is 324 g/mol. The minimum atomic E-state index is -0.911. The molecule has 0 bridgehead atoms. The predicted molar refractivity (Wildman–Crippen MR) is 93.5 cm³/mol. The van der Waals surface area contributed by atoms with Gasteiger partial charge in [-0.3, -0.25) is 14.4 Å². The second-order valence-corrected chi connectivity index (χ2v) is 6.34. The monoisotopic (exact) mass is 350 g/mol. The smallest absolute Gasteiger partial charge is 0.303 e. The van der Waals surface area contributed by atoms with Gasteiger partial charge in [0, 0.05) is 13.0 Å². The zero-order valence-electron chi connectivity index (χ0n) is 15.0. The van der Waals surface area contributed by atoms with E-state index in [1.165, 1.54) is 7.11 Å². The summed E-state index contributed by atoms with van der Waals surface area (Å²) in [5.41, 5.74) is 0.350. The van der Waals surface area contributed by atoms with E-state index in [2.05, 4.69) is 10.6 Å². The lowest BCUT2D eigenvalue weighted by atomic mass is 10.0. The van der Waals surface area contributed by atoms with E-state index in [1.807, 2.05) is 13.8 Å². The summed E-state index contributed by atoms with van der Waals surface area (Å²) in [6.45, 7) is 5.63. The van der Waals surface area contributed by atoms with Crippen molar-refractivity contribution in [1.82, 2.24) is 10.6 Å². The number of amides is 2. The summed E-state index contributed by atoms with van der Waals surface area (Å²) in [7, 11) is 1.47. The molecule has 0 aliphatic carbocycles. The molecule has 7 nitrogen and oxygen atoms in total. The molecule has 0 heterocycles. The number of rotatable bonds is 9. The van der Waals surface area contributed by atoms with Gasteiger partial charge in [-0.2, -0.15) is 0 Å². The zero-order valence-corrected chi connectivity index (χ0v) is 15.0. The van der Waals surface area contributed by atoms with Gasteiger partial charge >= 0.3 is 5.97 Å². The minimum absolute atomic E-state index is 0.0276. The largest absolute Gasteiger partial charge is 0.496 e. The Hall–Kier alpha value is -2.57. The molecule has 0 saturated carbocycles. The number of carbonyl (C=O) groups excluding carboxylic acids is 2. The lowest BCUT2D eigenvalue weighted by molar-refractivity contribution is -0.138. The maximum absolute atomic E-state index is 12.5. The summed E-state index contributed by atoms with van der Waals surface area (Å²) >= 11 is 0. The molecule has 0 saturated heterocycles. The number of hydrogen-bond donors (Lipinski definition) is 3. The molecule has 0 aliphatic rings. The van der Waals surface area contributed by atoms with Gasteiger partial charge in [0.15, 0.2) is 0 Å². The minimum Gasteiger partial charge on any atom is -0.496 e. The third-order valence-corrected chi connectivity index (χ3v) is 3.74. The SMILES string of the molecule is COc1ccccc1C(=O)NC(C(=O)NCC(C)CC(=O)O)C(C)C. The van der Waals surface area contributed by atoms with Crippen LogP contribution in [0, 0.1) is 11.8 Å². The van der Waals surface area contributed by atoms with Crippen molar-refractivity contribution in [1.29, 1.82) is 0 Å². The number of ether oxygens (including phenoxy) is 1. The van der Waals surface area contributed by atoms with Crippen LogP contribution in [-0.4, -0.2) is 42.6 Å². The lowest BCUT2D eigenvalue weighted by Gasteiger charge is -2.23. The van der Waals surface area contributed by atoms with E-state index >= 15 is 0 Å². The first-order chi connectivity index (χ1) is 11.8. The van der Waals surface area contributed by atoms with Crippen LogP contribution in [0.4, 0.5) is 0 Å². The van der Waals surface area contributed by atoms with Gasteiger partial charge in [-0.25, -0.2) is 0 Å². The molecular formula is C18H26N2O5. The summed E-state index contributed by atoms with van der Waals surface area (Å²) in [6.07, 6.45) is -0.0276. The summed E-state index contributed by atoms with van der Waals surface area (Å²) in [6, 6.07) is 6.04. The maximum atomic E-state index is 12.5. The molecule has 2 amide bonds. The summed E-state index contributed by atoms with van der Waals surface area (Å²) in [5.74, 6) is -1.54. The van der Waals surface area contributed by atoms with Gasteiger partial charge < -0.3 is 20.5 Å². The Bertz CT molecular complexity index is 615. The van der Waals surface area contributed by atoms with Crippen molar-refractivity contribution < 1.29 is 24.2 Å². The van der Waals surface area contributed by atoms with E-state index < -0.39 is 17.9 Å². The van der Waals surface area contributed by atoms with E-state index in [9.17, 15) is 14.4 Å². The van der Waals surface area contributed by atoms with E-state index in [0.29, 0.717) is 11.3 Å². The fraction of sp³-hybridized carbons (Fsp3) is 0.500. The Morgan fingerprint density at radius 1 is 1.16 bits per heavy atom. The molecule has 1 aromatic rings. The first-order valence-corrected chi connectivity index (χ1v) is 8.19. The highest BCUT2D eigenvalue weighted by molar-refractivity contribution is 5.99. The van der Waals surface area contributed by atoms with Crippen LogP contribution >= 0.6 is 0 Å². The summed E-state index contributed by atoms with van der Waals surface area (Å²) in [4.78, 5) is 35.5. The standard InChI is InChI=1S/C18H26N2O5/c1-11(2)16(18(24)19-10-12(3)9-15(21)22)20-17(23)13-7-5-6-8-14(13)25-4/h5-8,11-12,16H,9-10H2,1-4H3,(H,19,24)(H,20,23)(H,21,22). The molecule has 1 rings (SSSR count). The number of carboxylic acids is 1. The molecule has 0 aromatic heterocycles. The van der Waals surface area contributed by atoms with E-state index in [-0.39, 0.29) is 30.7 Å². The van der Waals surface area contributed by atoms with Gasteiger partial charge in [0.05, 0.1) is 12.7 Å². The van der Waals surface area contributed by atoms with Crippen LogP contribution in [0.2, 0.25) is 0 Å². The average Bonchev–Trinajstić information content (AvgIpc) is 2.56. The van der Waals surface area contributed by atoms with Gasteiger partial charge in [0.2, 0.25) is 5.91 Å². The number of benzene rings is 1. The second-order valence-electron chi connectivity index (χ2n) is 6.34. The van der Waals surface area contributed by atoms with Crippen LogP contribution in [0.15, 0.2) is 24.3 Å². The highest BCUT2D eigenvalue weighted by Gasteiger charge is 2.26. The van der Waals surface area contributed by atoms with Crippen molar-refractivity contribution in [2.45, 2.75) is 33.2 Å². The lowest BCUT2D eigenvalue weighted by Crippen LogP contribution is -2.50. The molecule has 25 heavy (non-hydrogen) atoms. The third kappa shape index (κ3) is 6.45. The Kier molecular flexibility index (Phi) is 7.91. The average molecular weight is 350 g/mol. The number of methoxy groups -OCH3 is 1.